The molecule has 3 nitrogen and oxygen atoms in total. The van der Waals surface area contributed by atoms with Crippen LogP contribution in [0.5, 0.6) is 5.75 Å². The van der Waals surface area contributed by atoms with Gasteiger partial charge >= 0.3 is 0 Å². The van der Waals surface area contributed by atoms with Crippen molar-refractivity contribution in [1.29, 1.82) is 0 Å². The van der Waals surface area contributed by atoms with Crippen molar-refractivity contribution in [2.75, 3.05) is 7.11 Å². The van der Waals surface area contributed by atoms with Crippen LogP contribution in [0.2, 0.25) is 0 Å². The molecular formula is C13H13NO2. The molecule has 1 heterocycles. The summed E-state index contributed by atoms with van der Waals surface area (Å²) in [7, 11) is 1.56. The topological polar surface area (TPSA) is 39.2 Å². The van der Waals surface area contributed by atoms with Crippen molar-refractivity contribution in [2.24, 2.45) is 0 Å². The molecule has 0 amide bonds. The highest BCUT2D eigenvalue weighted by atomic mass is 16.5. The van der Waals surface area contributed by atoms with E-state index in [9.17, 15) is 4.79 Å². The largest absolute Gasteiger partial charge is 0.496 e. The SMILES string of the molecule is COc1ccc2nc(C)ccc2c1C(C)=O. The molecule has 0 spiro atoms. The Bertz CT molecular complexity index is 561. The molecule has 2 aromatic rings. The molecule has 0 aliphatic carbocycles. The minimum absolute atomic E-state index is 0.00639. The number of benzene rings is 1. The van der Waals surface area contributed by atoms with E-state index in [0.717, 1.165) is 16.6 Å². The number of fused-ring (bicyclic) bond motifs is 1. The van der Waals surface area contributed by atoms with E-state index in [1.54, 1.807) is 13.2 Å². The van der Waals surface area contributed by atoms with Gasteiger partial charge in [0.15, 0.2) is 5.78 Å². The van der Waals surface area contributed by atoms with Crippen LogP contribution in [0.1, 0.15) is 23.0 Å². The summed E-state index contributed by atoms with van der Waals surface area (Å²) in [6.45, 7) is 3.47. The van der Waals surface area contributed by atoms with Gasteiger partial charge in [-0.2, -0.15) is 0 Å². The number of hydrogen-bond donors (Lipinski definition) is 0. The number of methoxy groups -OCH3 is 1. The highest BCUT2D eigenvalue weighted by molar-refractivity contribution is 6.08. The predicted molar refractivity (Wildman–Crippen MR) is 63.0 cm³/mol. The number of aromatic nitrogens is 1. The molecule has 0 radical (unpaired) electrons. The van der Waals surface area contributed by atoms with Crippen molar-refractivity contribution in [1.82, 2.24) is 4.98 Å². The summed E-state index contributed by atoms with van der Waals surface area (Å²) >= 11 is 0. The second-order valence-corrected chi connectivity index (χ2v) is 3.72. The first-order valence-electron chi connectivity index (χ1n) is 5.09. The highest BCUT2D eigenvalue weighted by Gasteiger charge is 2.12. The lowest BCUT2D eigenvalue weighted by molar-refractivity contribution is 0.101. The van der Waals surface area contributed by atoms with Crippen LogP contribution in [-0.4, -0.2) is 17.9 Å². The Morgan fingerprint density at radius 2 is 2.00 bits per heavy atom. The quantitative estimate of drug-likeness (QED) is 0.723. The molecular weight excluding hydrogens is 202 g/mol. The fourth-order valence-corrected chi connectivity index (χ4v) is 1.82. The van der Waals surface area contributed by atoms with Gasteiger partial charge in [0.1, 0.15) is 5.75 Å². The van der Waals surface area contributed by atoms with Crippen molar-refractivity contribution < 1.29 is 9.53 Å². The lowest BCUT2D eigenvalue weighted by Crippen LogP contribution is -1.99. The molecule has 0 aliphatic rings. The number of ether oxygens (including phenoxy) is 1. The molecule has 0 unspecified atom stereocenters. The first-order valence-corrected chi connectivity index (χ1v) is 5.09. The van der Waals surface area contributed by atoms with Crippen molar-refractivity contribution >= 4 is 16.7 Å². The Hall–Kier alpha value is -1.90. The Kier molecular flexibility index (Phi) is 2.60. The predicted octanol–water partition coefficient (Wildman–Crippen LogP) is 2.75. The van der Waals surface area contributed by atoms with Crippen LogP contribution in [0.3, 0.4) is 0 Å². The first-order chi connectivity index (χ1) is 7.63. The molecule has 16 heavy (non-hydrogen) atoms. The zero-order chi connectivity index (χ0) is 11.7. The summed E-state index contributed by atoms with van der Waals surface area (Å²) in [5, 5.41) is 0.845. The molecule has 0 bridgehead atoms. The molecule has 0 atom stereocenters. The van der Waals surface area contributed by atoms with E-state index in [-0.39, 0.29) is 5.78 Å². The van der Waals surface area contributed by atoms with Crippen LogP contribution < -0.4 is 4.74 Å². The van der Waals surface area contributed by atoms with E-state index < -0.39 is 0 Å². The van der Waals surface area contributed by atoms with E-state index in [2.05, 4.69) is 4.98 Å². The van der Waals surface area contributed by atoms with Gasteiger partial charge in [0.25, 0.3) is 0 Å². The van der Waals surface area contributed by atoms with Crippen LogP contribution in [0.25, 0.3) is 10.9 Å². The zero-order valence-electron chi connectivity index (χ0n) is 9.57. The lowest BCUT2D eigenvalue weighted by atomic mass is 10.0. The van der Waals surface area contributed by atoms with Gasteiger partial charge in [-0.15, -0.1) is 0 Å². The number of aryl methyl sites for hydroxylation is 1. The zero-order valence-corrected chi connectivity index (χ0v) is 9.57. The Morgan fingerprint density at radius 1 is 1.25 bits per heavy atom. The van der Waals surface area contributed by atoms with Gasteiger partial charge in [-0.25, -0.2) is 0 Å². The Morgan fingerprint density at radius 3 is 2.62 bits per heavy atom. The molecule has 3 heteroatoms. The third kappa shape index (κ3) is 1.65. The molecule has 0 N–H and O–H groups in total. The smallest absolute Gasteiger partial charge is 0.164 e. The number of Topliss-reactive ketones (excluding diaryl/α,β-unsaturated/α-hetero) is 1. The average Bonchev–Trinajstić information content (AvgIpc) is 2.26. The molecule has 0 fully saturated rings. The van der Waals surface area contributed by atoms with E-state index in [1.807, 2.05) is 25.1 Å². The van der Waals surface area contributed by atoms with Crippen molar-refractivity contribution in [3.63, 3.8) is 0 Å². The standard InChI is InChI=1S/C13H13NO2/c1-8-4-5-10-11(14-8)6-7-12(16-3)13(10)9(2)15/h4-7H,1-3H3. The maximum absolute atomic E-state index is 11.6. The number of nitrogens with zero attached hydrogens (tertiary/aromatic N) is 1. The number of rotatable bonds is 2. The average molecular weight is 215 g/mol. The normalized spacial score (nSPS) is 10.4. The van der Waals surface area contributed by atoms with E-state index in [4.69, 9.17) is 4.74 Å². The summed E-state index contributed by atoms with van der Waals surface area (Å²) in [6, 6.07) is 7.46. The van der Waals surface area contributed by atoms with Crippen LogP contribution in [0.15, 0.2) is 24.3 Å². The highest BCUT2D eigenvalue weighted by Crippen LogP contribution is 2.27. The third-order valence-corrected chi connectivity index (χ3v) is 2.54. The first kappa shape index (κ1) is 10.6. The molecule has 2 rings (SSSR count). The molecule has 1 aromatic heterocycles. The van der Waals surface area contributed by atoms with Crippen molar-refractivity contribution in [2.45, 2.75) is 13.8 Å². The lowest BCUT2D eigenvalue weighted by Gasteiger charge is -2.09. The summed E-state index contributed by atoms with van der Waals surface area (Å²) < 4.78 is 5.20. The molecule has 82 valence electrons. The Balaban J connectivity index is 2.84. The van der Waals surface area contributed by atoms with Gasteiger partial charge in [-0.3, -0.25) is 9.78 Å². The summed E-state index contributed by atoms with van der Waals surface area (Å²) in [5.41, 5.74) is 2.37. The van der Waals surface area contributed by atoms with Gasteiger partial charge < -0.3 is 4.74 Å². The molecule has 1 aromatic carbocycles. The fourth-order valence-electron chi connectivity index (χ4n) is 1.82. The van der Waals surface area contributed by atoms with Gasteiger partial charge in [-0.1, -0.05) is 6.07 Å². The Labute approximate surface area is 94.1 Å². The maximum Gasteiger partial charge on any atom is 0.164 e. The van der Waals surface area contributed by atoms with Gasteiger partial charge in [0.05, 0.1) is 18.2 Å². The minimum Gasteiger partial charge on any atom is -0.496 e. The van der Waals surface area contributed by atoms with Crippen molar-refractivity contribution in [3.8, 4) is 5.75 Å². The van der Waals surface area contributed by atoms with Gasteiger partial charge in [0, 0.05) is 11.1 Å². The number of ketones is 1. The number of carbonyl (C=O) groups excluding carboxylic acids is 1. The monoisotopic (exact) mass is 215 g/mol. The second kappa shape index (κ2) is 3.93. The van der Waals surface area contributed by atoms with Gasteiger partial charge in [-0.05, 0) is 32.0 Å². The van der Waals surface area contributed by atoms with E-state index in [1.165, 1.54) is 6.92 Å². The van der Waals surface area contributed by atoms with Crippen LogP contribution in [0.4, 0.5) is 0 Å². The summed E-state index contributed by atoms with van der Waals surface area (Å²) in [5.74, 6) is 0.596. The molecule has 0 aliphatic heterocycles. The van der Waals surface area contributed by atoms with Crippen molar-refractivity contribution in [3.05, 3.63) is 35.5 Å². The van der Waals surface area contributed by atoms with E-state index in [0.29, 0.717) is 11.3 Å². The van der Waals surface area contributed by atoms with Crippen LogP contribution >= 0.6 is 0 Å². The second-order valence-electron chi connectivity index (χ2n) is 3.72. The number of carbonyl (C=O) groups is 1. The minimum atomic E-state index is -0.00639. The fraction of sp³-hybridized carbons (Fsp3) is 0.231. The maximum atomic E-state index is 11.6. The van der Waals surface area contributed by atoms with Crippen LogP contribution in [0, 0.1) is 6.92 Å². The number of pyridine rings is 1. The van der Waals surface area contributed by atoms with E-state index >= 15 is 0 Å². The summed E-state index contributed by atoms with van der Waals surface area (Å²) in [6.07, 6.45) is 0. The number of hydrogen-bond acceptors (Lipinski definition) is 3. The summed E-state index contributed by atoms with van der Waals surface area (Å²) in [4.78, 5) is 16.0. The molecule has 0 saturated carbocycles. The third-order valence-electron chi connectivity index (χ3n) is 2.54. The van der Waals surface area contributed by atoms with Crippen LogP contribution in [-0.2, 0) is 0 Å². The van der Waals surface area contributed by atoms with Gasteiger partial charge in [0.2, 0.25) is 0 Å². The molecule has 0 saturated heterocycles.